The van der Waals surface area contributed by atoms with E-state index in [1.165, 1.54) is 0 Å². The fourth-order valence-corrected chi connectivity index (χ4v) is 1.98. The van der Waals surface area contributed by atoms with Gasteiger partial charge in [-0.1, -0.05) is 26.7 Å². The van der Waals surface area contributed by atoms with Gasteiger partial charge in [-0.05, 0) is 12.8 Å². The van der Waals surface area contributed by atoms with Crippen molar-refractivity contribution in [2.75, 3.05) is 46.7 Å². The molecule has 2 rings (SSSR count). The van der Waals surface area contributed by atoms with Gasteiger partial charge in [0, 0.05) is 13.1 Å². The number of hydrogen-bond acceptors (Lipinski definition) is 12. The second-order valence-corrected chi connectivity index (χ2v) is 5.46. The van der Waals surface area contributed by atoms with Crippen molar-refractivity contribution in [1.82, 2.24) is 29.9 Å². The zero-order valence-electron chi connectivity index (χ0n) is 15.3. The first-order valence-electron chi connectivity index (χ1n) is 8.40. The maximum absolute atomic E-state index is 5.59. The Morgan fingerprint density at radius 2 is 0.885 bits per heavy atom. The molecule has 0 saturated heterocycles. The third-order valence-corrected chi connectivity index (χ3v) is 3.19. The fourth-order valence-electron chi connectivity index (χ4n) is 1.98. The highest BCUT2D eigenvalue weighted by atomic mass is 15.3. The molecule has 0 fully saturated rings. The Labute approximate surface area is 152 Å². The summed E-state index contributed by atoms with van der Waals surface area (Å²) in [6.45, 7) is 6.18. The van der Waals surface area contributed by atoms with Crippen LogP contribution in [0.4, 0.5) is 35.7 Å². The van der Waals surface area contributed by atoms with Crippen LogP contribution in [0.15, 0.2) is 0 Å². The Balaban J connectivity index is 0.000000314. The van der Waals surface area contributed by atoms with Gasteiger partial charge in [0.2, 0.25) is 35.7 Å². The lowest BCUT2D eigenvalue weighted by atomic mass is 10.3. The summed E-state index contributed by atoms with van der Waals surface area (Å²) >= 11 is 0. The zero-order chi connectivity index (χ0) is 19.5. The van der Waals surface area contributed by atoms with E-state index in [4.69, 9.17) is 28.7 Å². The molecule has 12 nitrogen and oxygen atoms in total. The van der Waals surface area contributed by atoms with E-state index >= 15 is 0 Å². The SMILES string of the molecule is CCCCN(CCCC)c1nc(N)nc(N)n1.Nc1nc(N)nc(N)n1. The van der Waals surface area contributed by atoms with Gasteiger partial charge < -0.3 is 33.6 Å². The molecule has 0 aromatic carbocycles. The maximum atomic E-state index is 5.59. The number of nitrogen functional groups attached to an aromatic ring is 5. The van der Waals surface area contributed by atoms with Gasteiger partial charge in [-0.25, -0.2) is 0 Å². The van der Waals surface area contributed by atoms with Crippen molar-refractivity contribution in [3.05, 3.63) is 0 Å². The van der Waals surface area contributed by atoms with Crippen LogP contribution in [0.2, 0.25) is 0 Å². The van der Waals surface area contributed by atoms with Gasteiger partial charge in [0.15, 0.2) is 0 Å². The lowest BCUT2D eigenvalue weighted by Crippen LogP contribution is -2.28. The van der Waals surface area contributed by atoms with Crippen molar-refractivity contribution in [3.63, 3.8) is 0 Å². The molecule has 144 valence electrons. The minimum atomic E-state index is 0.0417. The number of nitrogens with zero attached hydrogens (tertiary/aromatic N) is 7. The highest BCUT2D eigenvalue weighted by Crippen LogP contribution is 2.12. The Hall–Kier alpha value is -3.18. The van der Waals surface area contributed by atoms with Gasteiger partial charge in [0.1, 0.15) is 0 Å². The van der Waals surface area contributed by atoms with Gasteiger partial charge in [0.05, 0.1) is 0 Å². The predicted octanol–water partition coefficient (Wildman–Crippen LogP) is 0.0608. The zero-order valence-corrected chi connectivity index (χ0v) is 15.3. The first-order valence-corrected chi connectivity index (χ1v) is 8.40. The summed E-state index contributed by atoms with van der Waals surface area (Å²) in [6, 6.07) is 0. The second-order valence-electron chi connectivity index (χ2n) is 5.46. The lowest BCUT2D eigenvalue weighted by molar-refractivity contribution is 0.662. The normalized spacial score (nSPS) is 10.1. The smallest absolute Gasteiger partial charge is 0.231 e. The quantitative estimate of drug-likeness (QED) is 0.441. The summed E-state index contributed by atoms with van der Waals surface area (Å²) in [6.07, 6.45) is 4.49. The third-order valence-electron chi connectivity index (χ3n) is 3.19. The van der Waals surface area contributed by atoms with Crippen LogP contribution < -0.4 is 33.6 Å². The van der Waals surface area contributed by atoms with Crippen LogP contribution in [0.5, 0.6) is 0 Å². The summed E-state index contributed by atoms with van der Waals surface area (Å²) in [5.74, 6) is 1.09. The van der Waals surface area contributed by atoms with Crippen LogP contribution in [-0.4, -0.2) is 43.0 Å². The van der Waals surface area contributed by atoms with E-state index in [9.17, 15) is 0 Å². The van der Waals surface area contributed by atoms with Crippen molar-refractivity contribution >= 4 is 35.7 Å². The highest BCUT2D eigenvalue weighted by molar-refractivity contribution is 5.39. The van der Waals surface area contributed by atoms with Gasteiger partial charge >= 0.3 is 0 Å². The molecule has 2 heterocycles. The third kappa shape index (κ3) is 7.59. The van der Waals surface area contributed by atoms with Crippen LogP contribution in [0.25, 0.3) is 0 Å². The van der Waals surface area contributed by atoms with E-state index in [0.29, 0.717) is 5.95 Å². The molecule has 0 spiro atoms. The van der Waals surface area contributed by atoms with E-state index in [-0.39, 0.29) is 29.7 Å². The average Bonchev–Trinajstić information content (AvgIpc) is 2.53. The minimum Gasteiger partial charge on any atom is -0.368 e. The maximum Gasteiger partial charge on any atom is 0.231 e. The van der Waals surface area contributed by atoms with Gasteiger partial charge in [-0.3, -0.25) is 0 Å². The van der Waals surface area contributed by atoms with Crippen LogP contribution in [0.1, 0.15) is 39.5 Å². The molecule has 10 N–H and O–H groups in total. The molecule has 2 aromatic rings. The molecule has 0 saturated carbocycles. The Morgan fingerprint density at radius 1 is 0.577 bits per heavy atom. The standard InChI is InChI=1S/C11H22N6.C3H6N6/c1-3-5-7-17(8-6-4-2)11-15-9(12)14-10(13)16-11;4-1-7-2(5)9-3(6)8-1/h3-8H2,1-2H3,(H4,12,13,14,15,16);(H6,4,5,6,7,8,9). The topological polar surface area (TPSA) is 211 Å². The number of aromatic nitrogens is 6. The van der Waals surface area contributed by atoms with Crippen LogP contribution in [0.3, 0.4) is 0 Å². The molecule has 0 bridgehead atoms. The van der Waals surface area contributed by atoms with Crippen molar-refractivity contribution in [3.8, 4) is 0 Å². The van der Waals surface area contributed by atoms with Crippen molar-refractivity contribution in [2.45, 2.75) is 39.5 Å². The van der Waals surface area contributed by atoms with E-state index in [1.54, 1.807) is 0 Å². The Morgan fingerprint density at radius 3 is 1.19 bits per heavy atom. The fraction of sp³-hybridized carbons (Fsp3) is 0.571. The van der Waals surface area contributed by atoms with E-state index < -0.39 is 0 Å². The van der Waals surface area contributed by atoms with Crippen molar-refractivity contribution < 1.29 is 0 Å². The lowest BCUT2D eigenvalue weighted by Gasteiger charge is -2.22. The van der Waals surface area contributed by atoms with Gasteiger partial charge in [-0.2, -0.15) is 29.9 Å². The summed E-state index contributed by atoms with van der Waals surface area (Å²) in [5, 5.41) is 0. The first-order chi connectivity index (χ1) is 12.3. The number of anilines is 6. The van der Waals surface area contributed by atoms with Crippen molar-refractivity contribution in [2.24, 2.45) is 0 Å². The van der Waals surface area contributed by atoms with E-state index in [1.807, 2.05) is 0 Å². The van der Waals surface area contributed by atoms with Gasteiger partial charge in [0.25, 0.3) is 0 Å². The molecule has 2 aromatic heterocycles. The summed E-state index contributed by atoms with van der Waals surface area (Å²) in [5.41, 5.74) is 26.6. The Bertz CT molecular complexity index is 598. The molecule has 0 atom stereocenters. The number of hydrogen-bond donors (Lipinski definition) is 5. The van der Waals surface area contributed by atoms with E-state index in [0.717, 1.165) is 38.8 Å². The van der Waals surface area contributed by atoms with E-state index in [2.05, 4.69) is 48.7 Å². The molecule has 0 aliphatic rings. The number of nitrogens with two attached hydrogens (primary N) is 5. The van der Waals surface area contributed by atoms with Crippen LogP contribution >= 0.6 is 0 Å². The monoisotopic (exact) mass is 364 g/mol. The molecular formula is C14H28N12. The summed E-state index contributed by atoms with van der Waals surface area (Å²) in [4.78, 5) is 24.7. The molecule has 0 aliphatic carbocycles. The number of rotatable bonds is 7. The first kappa shape index (κ1) is 20.9. The number of unbranched alkanes of at least 4 members (excludes halogenated alkanes) is 2. The van der Waals surface area contributed by atoms with Gasteiger partial charge in [-0.15, -0.1) is 0 Å². The van der Waals surface area contributed by atoms with Crippen LogP contribution in [-0.2, 0) is 0 Å². The second kappa shape index (κ2) is 10.6. The van der Waals surface area contributed by atoms with Crippen LogP contribution in [0, 0.1) is 0 Å². The molecule has 12 heteroatoms. The highest BCUT2D eigenvalue weighted by Gasteiger charge is 2.10. The minimum absolute atomic E-state index is 0.0417. The Kier molecular flexibility index (Phi) is 8.54. The predicted molar refractivity (Wildman–Crippen MR) is 104 cm³/mol. The molecular weight excluding hydrogens is 336 g/mol. The molecule has 0 amide bonds. The summed E-state index contributed by atoms with van der Waals surface area (Å²) < 4.78 is 0. The van der Waals surface area contributed by atoms with Crippen molar-refractivity contribution in [1.29, 1.82) is 0 Å². The molecule has 26 heavy (non-hydrogen) atoms. The average molecular weight is 364 g/mol. The molecule has 0 aliphatic heterocycles. The largest absolute Gasteiger partial charge is 0.368 e. The molecule has 0 radical (unpaired) electrons. The summed E-state index contributed by atoms with van der Waals surface area (Å²) in [7, 11) is 0. The molecule has 0 unspecified atom stereocenters.